The number of rotatable bonds is 0. The van der Waals surface area contributed by atoms with E-state index in [1.807, 2.05) is 6.07 Å². The van der Waals surface area contributed by atoms with Crippen molar-refractivity contribution < 1.29 is 5.10 Å². The molecule has 0 radical (unpaired) electrons. The molecule has 0 saturated carbocycles. The van der Waals surface area contributed by atoms with Gasteiger partial charge in [0.25, 0.3) is 0 Å². The fourth-order valence-electron chi connectivity index (χ4n) is 0.760. The zero-order valence-electron chi connectivity index (χ0n) is 4.66. The Balaban J connectivity index is 2.95. The number of H-pyrrole nitrogens is 1. The zero-order valence-corrected chi connectivity index (χ0v) is 7.00. The average molecular weight is 233 g/mol. The monoisotopic (exact) mass is 235 g/mol. The Hall–Kier alpha value is -0.390. The van der Waals surface area contributed by atoms with Crippen LogP contribution in [0.25, 0.3) is 8.92 Å². The van der Waals surface area contributed by atoms with E-state index in [-0.39, 0.29) is 20.7 Å². The molecule has 0 aliphatic heterocycles. The molecule has 1 heterocycles. The summed E-state index contributed by atoms with van der Waals surface area (Å²) in [7, 11) is 0. The van der Waals surface area contributed by atoms with Crippen LogP contribution in [0.5, 0.6) is 0 Å². The maximum atomic E-state index is 4.13. The number of aromatic amines is 1. The van der Waals surface area contributed by atoms with E-state index in [4.69, 9.17) is 0 Å². The van der Waals surface area contributed by atoms with Crippen molar-refractivity contribution in [1.82, 2.24) is 3.32 Å². The molecule has 0 aliphatic rings. The Morgan fingerprint density at radius 2 is 2.22 bits per heavy atom. The predicted octanol–water partition coefficient (Wildman–Crippen LogP) is 0.106. The third-order valence-electron chi connectivity index (χ3n) is 1.20. The first-order chi connectivity index (χ1) is 4.47. The predicted molar refractivity (Wildman–Crippen MR) is 35.2 cm³/mol. The second kappa shape index (κ2) is 2.09. The third kappa shape index (κ3) is 0.868. The molecule has 0 amide bonds. The quantitative estimate of drug-likeness (QED) is 0.593. The van der Waals surface area contributed by atoms with Crippen LogP contribution >= 0.6 is 0 Å². The van der Waals surface area contributed by atoms with E-state index in [1.165, 1.54) is 8.92 Å². The van der Waals surface area contributed by atoms with Crippen LogP contribution in [0.4, 0.5) is 0 Å². The Morgan fingerprint density at radius 3 is 3.11 bits per heavy atom. The fourth-order valence-corrected chi connectivity index (χ4v) is 2.45. The van der Waals surface area contributed by atoms with Crippen molar-refractivity contribution in [1.29, 1.82) is 0 Å². The molecule has 0 aliphatic carbocycles. The van der Waals surface area contributed by atoms with Crippen LogP contribution in [0.15, 0.2) is 24.3 Å². The molecule has 0 fully saturated rings. The normalized spacial score (nSPS) is 10.2. The van der Waals surface area contributed by atoms with Gasteiger partial charge in [-0.25, -0.2) is 0 Å². The Labute approximate surface area is 62.5 Å². The van der Waals surface area contributed by atoms with E-state index >= 15 is 0 Å². The van der Waals surface area contributed by atoms with Crippen LogP contribution in [-0.2, 0) is 0 Å². The second-order valence-electron chi connectivity index (χ2n) is 1.79. The van der Waals surface area contributed by atoms with Crippen molar-refractivity contribution in [2.24, 2.45) is 0 Å². The molecule has 0 unspecified atom stereocenters. The van der Waals surface area contributed by atoms with Crippen LogP contribution in [0.3, 0.4) is 0 Å². The van der Waals surface area contributed by atoms with Gasteiger partial charge in [-0.05, 0) is 0 Å². The summed E-state index contributed by atoms with van der Waals surface area (Å²) in [5.41, 5.74) is 1.21. The van der Waals surface area contributed by atoms with Gasteiger partial charge in [0.15, 0.2) is 0 Å². The zero-order chi connectivity index (χ0) is 6.10. The van der Waals surface area contributed by atoms with Gasteiger partial charge in [-0.15, -0.1) is 0 Å². The van der Waals surface area contributed by atoms with E-state index in [1.54, 1.807) is 0 Å². The van der Waals surface area contributed by atoms with Crippen LogP contribution in [0.1, 0.15) is 0 Å². The van der Waals surface area contributed by atoms with Crippen molar-refractivity contribution >= 4 is 29.6 Å². The fraction of sp³-hybridized carbons (Fsp3) is 0. The Kier molecular flexibility index (Phi) is 1.25. The van der Waals surface area contributed by atoms with Gasteiger partial charge in [0.1, 0.15) is 0 Å². The molecule has 0 bridgehead atoms. The van der Waals surface area contributed by atoms with Gasteiger partial charge in [-0.1, -0.05) is 0 Å². The molecule has 1 N–H and O–H groups in total. The third-order valence-corrected chi connectivity index (χ3v) is 3.30. The van der Waals surface area contributed by atoms with E-state index in [0.29, 0.717) is 0 Å². The van der Waals surface area contributed by atoms with Crippen LogP contribution in [0.2, 0.25) is 0 Å². The molecule has 2 nitrogen and oxygen atoms in total. The number of nitrogens with zero attached hydrogens (tertiary/aromatic N) is 1. The molecule has 2 aromatic rings. The summed E-state index contributed by atoms with van der Waals surface area (Å²) in [5.74, 6) is 0. The number of hydrogen-bond acceptors (Lipinski definition) is 1. The summed E-state index contributed by atoms with van der Waals surface area (Å²) in [6, 6.07) is 8.30. The summed E-state index contributed by atoms with van der Waals surface area (Å²) in [6.07, 6.45) is 0. The van der Waals surface area contributed by atoms with Gasteiger partial charge in [0, 0.05) is 0 Å². The van der Waals surface area contributed by atoms with Crippen molar-refractivity contribution in [2.45, 2.75) is 0 Å². The molecule has 0 saturated heterocycles. The summed E-state index contributed by atoms with van der Waals surface area (Å²) in [5, 5.41) is 2.98. The summed E-state index contributed by atoms with van der Waals surface area (Å²) in [4.78, 5) is 0. The summed E-state index contributed by atoms with van der Waals surface area (Å²) >= 11 is -0.223. The van der Waals surface area contributed by atoms with Crippen LogP contribution in [-0.4, -0.2) is 24.0 Å². The van der Waals surface area contributed by atoms with Gasteiger partial charge < -0.3 is 0 Å². The number of benzene rings is 1. The van der Waals surface area contributed by atoms with Gasteiger partial charge in [0.05, 0.1) is 0 Å². The summed E-state index contributed by atoms with van der Waals surface area (Å²) < 4.78 is 5.55. The SMILES string of the molecule is c1ccc2[te]n[nH+]c2c1. The van der Waals surface area contributed by atoms with Crippen LogP contribution < -0.4 is 5.10 Å². The molecule has 3 heteroatoms. The second-order valence-corrected chi connectivity index (χ2v) is 4.09. The first-order valence-corrected chi connectivity index (χ1v) is 4.90. The minimum atomic E-state index is -0.223. The molecular weight excluding hydrogens is 228 g/mol. The molecule has 1 aromatic heterocycles. The number of nitrogens with one attached hydrogen (secondary N) is 1. The van der Waals surface area contributed by atoms with E-state index in [9.17, 15) is 0 Å². The molecular formula is C6H5N2Te+. The first kappa shape index (κ1) is 5.40. The van der Waals surface area contributed by atoms with Crippen molar-refractivity contribution in [2.75, 3.05) is 0 Å². The van der Waals surface area contributed by atoms with Crippen molar-refractivity contribution in [3.8, 4) is 0 Å². The van der Waals surface area contributed by atoms with Crippen LogP contribution in [0, 0.1) is 0 Å². The van der Waals surface area contributed by atoms with Gasteiger partial charge in [-0.2, -0.15) is 0 Å². The average Bonchev–Trinajstić information content (AvgIpc) is 2.33. The van der Waals surface area contributed by atoms with Gasteiger partial charge >= 0.3 is 62.3 Å². The molecule has 0 atom stereocenters. The van der Waals surface area contributed by atoms with Gasteiger partial charge in [-0.3, -0.25) is 0 Å². The first-order valence-electron chi connectivity index (χ1n) is 2.69. The Morgan fingerprint density at radius 1 is 1.33 bits per heavy atom. The minimum absolute atomic E-state index is 0.223. The molecule has 44 valence electrons. The van der Waals surface area contributed by atoms with E-state index in [0.717, 1.165) is 0 Å². The van der Waals surface area contributed by atoms with E-state index in [2.05, 4.69) is 26.6 Å². The topological polar surface area (TPSA) is 27.0 Å². The number of hydrogen-bond donors (Lipinski definition) is 0. The molecule has 0 spiro atoms. The number of aromatic nitrogens is 2. The summed E-state index contributed by atoms with van der Waals surface area (Å²) in [6.45, 7) is 0. The maximum absolute atomic E-state index is 4.13. The molecule has 9 heavy (non-hydrogen) atoms. The van der Waals surface area contributed by atoms with Crippen molar-refractivity contribution in [3.05, 3.63) is 24.3 Å². The van der Waals surface area contributed by atoms with Crippen molar-refractivity contribution in [3.63, 3.8) is 0 Å². The van der Waals surface area contributed by atoms with E-state index < -0.39 is 0 Å². The standard InChI is InChI=1S/C6H4N2Te/c1-2-4-6-5(3-1)7-8-9-6/h1-4H/p+1. The molecule has 2 rings (SSSR count). The number of fused-ring (bicyclic) bond motifs is 1. The van der Waals surface area contributed by atoms with Gasteiger partial charge in [0.2, 0.25) is 0 Å². The number of para-hydroxylation sites is 1. The molecule has 1 aromatic carbocycles. The Bertz CT molecular complexity index is 285.